The van der Waals surface area contributed by atoms with E-state index in [-0.39, 0.29) is 0 Å². The third-order valence-corrected chi connectivity index (χ3v) is 4.34. The Balaban J connectivity index is 2.27. The fourth-order valence-electron chi connectivity index (χ4n) is 2.19. The maximum atomic E-state index is 9.10. The van der Waals surface area contributed by atoms with Crippen LogP contribution < -0.4 is 4.90 Å². The zero-order valence-electron chi connectivity index (χ0n) is 13.3. The summed E-state index contributed by atoms with van der Waals surface area (Å²) in [7, 11) is 0. The van der Waals surface area contributed by atoms with Crippen LogP contribution in [-0.4, -0.2) is 17.5 Å². The van der Waals surface area contributed by atoms with E-state index in [4.69, 9.17) is 5.26 Å². The molecular formula is C16H19N5S. The van der Waals surface area contributed by atoms with Crippen molar-refractivity contribution in [2.75, 3.05) is 18.0 Å². The Morgan fingerprint density at radius 1 is 1.23 bits per heavy atom. The van der Waals surface area contributed by atoms with Crippen molar-refractivity contribution < 1.29 is 0 Å². The average molecular weight is 313 g/mol. The van der Waals surface area contributed by atoms with Gasteiger partial charge in [0.2, 0.25) is 0 Å². The molecule has 0 unspecified atom stereocenters. The number of hydrogen-bond acceptors (Lipinski definition) is 6. The van der Waals surface area contributed by atoms with E-state index in [0.29, 0.717) is 16.3 Å². The molecule has 0 aliphatic heterocycles. The van der Waals surface area contributed by atoms with E-state index in [0.717, 1.165) is 24.3 Å². The third kappa shape index (κ3) is 3.31. The van der Waals surface area contributed by atoms with Crippen LogP contribution in [0.15, 0.2) is 28.4 Å². The Morgan fingerprint density at radius 2 is 1.95 bits per heavy atom. The van der Waals surface area contributed by atoms with E-state index in [1.165, 1.54) is 17.2 Å². The predicted octanol–water partition coefficient (Wildman–Crippen LogP) is 4.89. The molecule has 1 aromatic heterocycles. The van der Waals surface area contributed by atoms with Crippen LogP contribution in [0, 0.1) is 25.2 Å². The fourth-order valence-corrected chi connectivity index (χ4v) is 2.87. The number of nitriles is 1. The van der Waals surface area contributed by atoms with Crippen LogP contribution in [0.4, 0.5) is 16.4 Å². The number of hydrogen-bond donors (Lipinski definition) is 0. The fraction of sp³-hybridized carbons (Fsp3) is 0.375. The maximum Gasteiger partial charge on any atom is 0.176 e. The molecule has 0 saturated heterocycles. The number of rotatable bonds is 5. The molecule has 22 heavy (non-hydrogen) atoms. The van der Waals surface area contributed by atoms with Gasteiger partial charge in [0.25, 0.3) is 0 Å². The second kappa shape index (κ2) is 7.14. The van der Waals surface area contributed by atoms with Crippen molar-refractivity contribution >= 4 is 27.9 Å². The van der Waals surface area contributed by atoms with Gasteiger partial charge < -0.3 is 4.90 Å². The quantitative estimate of drug-likeness (QED) is 0.738. The molecule has 114 valence electrons. The highest BCUT2D eigenvalue weighted by Crippen LogP contribution is 2.30. The first-order chi connectivity index (χ1) is 10.6. The number of benzene rings is 1. The van der Waals surface area contributed by atoms with Gasteiger partial charge in [0.15, 0.2) is 5.00 Å². The van der Waals surface area contributed by atoms with Gasteiger partial charge in [-0.15, -0.1) is 10.2 Å². The van der Waals surface area contributed by atoms with Crippen LogP contribution in [0.5, 0.6) is 0 Å². The second-order valence-electron chi connectivity index (χ2n) is 4.90. The van der Waals surface area contributed by atoms with Crippen LogP contribution in [0.25, 0.3) is 0 Å². The largest absolute Gasteiger partial charge is 0.372 e. The zero-order valence-corrected chi connectivity index (χ0v) is 14.1. The molecule has 0 spiro atoms. The van der Waals surface area contributed by atoms with Crippen LogP contribution in [0.3, 0.4) is 0 Å². The van der Waals surface area contributed by atoms with Gasteiger partial charge in [-0.05, 0) is 63.0 Å². The normalized spacial score (nSPS) is 10.9. The molecule has 1 heterocycles. The molecule has 6 heteroatoms. The molecule has 2 rings (SSSR count). The minimum absolute atomic E-state index is 0.506. The van der Waals surface area contributed by atoms with Gasteiger partial charge in [0.1, 0.15) is 11.6 Å². The van der Waals surface area contributed by atoms with E-state index in [2.05, 4.69) is 51.6 Å². The maximum absolute atomic E-state index is 9.10. The number of aryl methyl sites for hydroxylation is 2. The molecule has 5 nitrogen and oxygen atoms in total. The van der Waals surface area contributed by atoms with Crippen molar-refractivity contribution in [3.05, 3.63) is 35.0 Å². The Bertz CT molecular complexity index is 723. The Labute approximate surface area is 135 Å². The minimum Gasteiger partial charge on any atom is -0.372 e. The number of nitrogens with zero attached hydrogens (tertiary/aromatic N) is 5. The Hall–Kier alpha value is -2.26. The third-order valence-electron chi connectivity index (χ3n) is 3.51. The highest BCUT2D eigenvalue weighted by molar-refractivity contribution is 7.10. The van der Waals surface area contributed by atoms with Crippen LogP contribution >= 0.6 is 11.5 Å². The van der Waals surface area contributed by atoms with E-state index >= 15 is 0 Å². The molecular weight excluding hydrogens is 294 g/mol. The predicted molar refractivity (Wildman–Crippen MR) is 90.5 cm³/mol. The highest BCUT2D eigenvalue weighted by Gasteiger charge is 2.09. The summed E-state index contributed by atoms with van der Waals surface area (Å²) in [4.78, 5) is 2.29. The molecule has 0 radical (unpaired) electrons. The number of azo groups is 1. The van der Waals surface area contributed by atoms with E-state index in [1.54, 1.807) is 6.92 Å². The molecule has 0 saturated carbocycles. The molecule has 0 fully saturated rings. The average Bonchev–Trinajstić information content (AvgIpc) is 2.87. The van der Waals surface area contributed by atoms with E-state index in [1.807, 2.05) is 13.0 Å². The number of anilines is 1. The lowest BCUT2D eigenvalue weighted by molar-refractivity contribution is 0.865. The molecule has 1 aromatic carbocycles. The lowest BCUT2D eigenvalue weighted by atomic mass is 10.1. The minimum atomic E-state index is 0.506. The van der Waals surface area contributed by atoms with Crippen molar-refractivity contribution in [3.63, 3.8) is 0 Å². The molecule has 0 aliphatic carbocycles. The smallest absolute Gasteiger partial charge is 0.176 e. The monoisotopic (exact) mass is 313 g/mol. The molecule has 0 N–H and O–H groups in total. The van der Waals surface area contributed by atoms with Crippen LogP contribution in [0.1, 0.15) is 30.7 Å². The summed E-state index contributed by atoms with van der Waals surface area (Å²) in [6.07, 6.45) is 0. The first-order valence-corrected chi connectivity index (χ1v) is 8.01. The van der Waals surface area contributed by atoms with Gasteiger partial charge in [-0.3, -0.25) is 0 Å². The van der Waals surface area contributed by atoms with Crippen molar-refractivity contribution in [2.24, 2.45) is 10.2 Å². The van der Waals surface area contributed by atoms with Crippen molar-refractivity contribution in [2.45, 2.75) is 27.7 Å². The standard InChI is InChI=1S/C16H19N5S/c1-5-21(6-2)13-7-8-15(11(3)9-13)18-19-16-14(10-17)12(4)20-22-16/h7-9H,5-6H2,1-4H3/b19-18+. The second-order valence-corrected chi connectivity index (χ2v) is 5.65. The molecule has 2 aromatic rings. The van der Waals surface area contributed by atoms with E-state index in [9.17, 15) is 0 Å². The summed E-state index contributed by atoms with van der Waals surface area (Å²) < 4.78 is 4.14. The summed E-state index contributed by atoms with van der Waals surface area (Å²) in [6.45, 7) is 10.1. The lowest BCUT2D eigenvalue weighted by Crippen LogP contribution is -2.21. The van der Waals surface area contributed by atoms with Crippen molar-refractivity contribution in [3.8, 4) is 6.07 Å². The van der Waals surface area contributed by atoms with Crippen molar-refractivity contribution in [1.29, 1.82) is 5.26 Å². The van der Waals surface area contributed by atoms with Gasteiger partial charge >= 0.3 is 0 Å². The molecule has 0 bridgehead atoms. The summed E-state index contributed by atoms with van der Waals surface area (Å²) in [5.74, 6) is 0. The van der Waals surface area contributed by atoms with Crippen molar-refractivity contribution in [1.82, 2.24) is 4.37 Å². The van der Waals surface area contributed by atoms with Gasteiger partial charge in [-0.2, -0.15) is 9.64 Å². The highest BCUT2D eigenvalue weighted by atomic mass is 32.1. The molecule has 0 aliphatic rings. The van der Waals surface area contributed by atoms with Crippen LogP contribution in [0.2, 0.25) is 0 Å². The SMILES string of the molecule is CCN(CC)c1ccc(/N=N/c2snc(C)c2C#N)c(C)c1. The summed E-state index contributed by atoms with van der Waals surface area (Å²) in [5.41, 5.74) is 4.27. The van der Waals surface area contributed by atoms with Gasteiger partial charge in [0.05, 0.1) is 11.4 Å². The first-order valence-electron chi connectivity index (χ1n) is 7.24. The molecule has 0 amide bonds. The summed E-state index contributed by atoms with van der Waals surface area (Å²) >= 11 is 1.20. The first kappa shape index (κ1) is 16.1. The van der Waals surface area contributed by atoms with Gasteiger partial charge in [-0.1, -0.05) is 0 Å². The van der Waals surface area contributed by atoms with Gasteiger partial charge in [0, 0.05) is 18.8 Å². The summed E-state index contributed by atoms with van der Waals surface area (Å²) in [5, 5.41) is 18.1. The number of aromatic nitrogens is 1. The van der Waals surface area contributed by atoms with Gasteiger partial charge in [-0.25, -0.2) is 0 Å². The molecule has 0 atom stereocenters. The summed E-state index contributed by atoms with van der Waals surface area (Å²) in [6, 6.07) is 8.25. The Kier molecular flexibility index (Phi) is 5.23. The Morgan fingerprint density at radius 3 is 2.55 bits per heavy atom. The van der Waals surface area contributed by atoms with E-state index < -0.39 is 0 Å². The lowest BCUT2D eigenvalue weighted by Gasteiger charge is -2.21. The zero-order chi connectivity index (χ0) is 16.1. The topological polar surface area (TPSA) is 64.6 Å². The van der Waals surface area contributed by atoms with Crippen LogP contribution in [-0.2, 0) is 0 Å².